The Morgan fingerprint density at radius 1 is 1.19 bits per heavy atom. The Bertz CT molecular complexity index is 836. The standard InChI is InChI=1S/C20H20FNO4/c1-26-17-8-4-7-13(19(17)21)9-10-18(23)22-12-15-6-3-2-5-14(15)11-16(22)20(24)25/h2-8,16H,9-12H2,1H3,(H,24,25). The molecule has 0 spiro atoms. The number of amides is 1. The summed E-state index contributed by atoms with van der Waals surface area (Å²) in [6, 6.07) is 11.4. The predicted molar refractivity (Wildman–Crippen MR) is 93.4 cm³/mol. The number of aryl methyl sites for hydroxylation is 1. The van der Waals surface area contributed by atoms with E-state index < -0.39 is 17.8 Å². The smallest absolute Gasteiger partial charge is 0.326 e. The molecule has 1 N–H and O–H groups in total. The minimum atomic E-state index is -1.03. The third-order valence-electron chi connectivity index (χ3n) is 4.73. The Morgan fingerprint density at radius 2 is 1.92 bits per heavy atom. The van der Waals surface area contributed by atoms with Crippen molar-refractivity contribution in [3.63, 3.8) is 0 Å². The molecule has 5 nitrogen and oxygen atoms in total. The van der Waals surface area contributed by atoms with Crippen LogP contribution in [0.25, 0.3) is 0 Å². The van der Waals surface area contributed by atoms with Gasteiger partial charge in [-0.1, -0.05) is 36.4 Å². The Labute approximate surface area is 151 Å². The number of hydrogen-bond acceptors (Lipinski definition) is 3. The van der Waals surface area contributed by atoms with Crippen molar-refractivity contribution in [1.82, 2.24) is 4.90 Å². The van der Waals surface area contributed by atoms with Crippen molar-refractivity contribution >= 4 is 11.9 Å². The molecule has 136 valence electrons. The lowest BCUT2D eigenvalue weighted by Gasteiger charge is -2.34. The largest absolute Gasteiger partial charge is 0.494 e. The van der Waals surface area contributed by atoms with Crippen LogP contribution in [0.1, 0.15) is 23.1 Å². The van der Waals surface area contributed by atoms with Crippen LogP contribution in [0.3, 0.4) is 0 Å². The number of fused-ring (bicyclic) bond motifs is 1. The second kappa shape index (κ2) is 7.56. The van der Waals surface area contributed by atoms with E-state index >= 15 is 0 Å². The summed E-state index contributed by atoms with van der Waals surface area (Å²) in [5.41, 5.74) is 2.27. The molecular weight excluding hydrogens is 337 g/mol. The summed E-state index contributed by atoms with van der Waals surface area (Å²) in [6.07, 6.45) is 0.507. The molecule has 1 amide bonds. The van der Waals surface area contributed by atoms with Gasteiger partial charge in [-0.05, 0) is 29.2 Å². The van der Waals surface area contributed by atoms with Gasteiger partial charge in [0.15, 0.2) is 11.6 Å². The van der Waals surface area contributed by atoms with Crippen LogP contribution in [0.15, 0.2) is 42.5 Å². The first-order chi connectivity index (χ1) is 12.5. The zero-order valence-electron chi connectivity index (χ0n) is 14.4. The molecule has 0 saturated heterocycles. The van der Waals surface area contributed by atoms with Gasteiger partial charge < -0.3 is 14.7 Å². The molecule has 0 aromatic heterocycles. The molecule has 0 bridgehead atoms. The molecule has 0 aliphatic carbocycles. The molecule has 1 atom stereocenters. The number of carboxylic acid groups (broad SMARTS) is 1. The lowest BCUT2D eigenvalue weighted by atomic mass is 9.93. The van der Waals surface area contributed by atoms with Crippen molar-refractivity contribution in [3.8, 4) is 5.75 Å². The minimum absolute atomic E-state index is 0.0377. The lowest BCUT2D eigenvalue weighted by molar-refractivity contribution is -0.151. The molecule has 0 radical (unpaired) electrons. The summed E-state index contributed by atoms with van der Waals surface area (Å²) in [4.78, 5) is 25.7. The average Bonchev–Trinajstić information content (AvgIpc) is 2.65. The van der Waals surface area contributed by atoms with Gasteiger partial charge in [-0.2, -0.15) is 0 Å². The van der Waals surface area contributed by atoms with Crippen molar-refractivity contribution in [2.45, 2.75) is 31.8 Å². The number of halogens is 1. The number of nitrogens with zero attached hydrogens (tertiary/aromatic N) is 1. The Hall–Kier alpha value is -2.89. The topological polar surface area (TPSA) is 66.8 Å². The zero-order valence-corrected chi connectivity index (χ0v) is 14.4. The average molecular weight is 357 g/mol. The molecule has 6 heteroatoms. The van der Waals surface area contributed by atoms with Crippen LogP contribution in [0, 0.1) is 5.82 Å². The summed E-state index contributed by atoms with van der Waals surface area (Å²) < 4.78 is 19.2. The first kappa shape index (κ1) is 17.9. The molecule has 0 fully saturated rings. The molecule has 3 rings (SSSR count). The van der Waals surface area contributed by atoms with E-state index in [9.17, 15) is 19.1 Å². The summed E-state index contributed by atoms with van der Waals surface area (Å²) >= 11 is 0. The molecule has 2 aromatic rings. The van der Waals surface area contributed by atoms with Crippen molar-refractivity contribution in [2.75, 3.05) is 7.11 Å². The zero-order chi connectivity index (χ0) is 18.7. The van der Waals surface area contributed by atoms with Gasteiger partial charge in [0, 0.05) is 19.4 Å². The fourth-order valence-electron chi connectivity index (χ4n) is 3.30. The fraction of sp³-hybridized carbons (Fsp3) is 0.300. The second-order valence-electron chi connectivity index (χ2n) is 6.28. The quantitative estimate of drug-likeness (QED) is 0.894. The molecule has 0 saturated carbocycles. The highest BCUT2D eigenvalue weighted by Gasteiger charge is 2.34. The maximum absolute atomic E-state index is 14.2. The molecule has 1 heterocycles. The van der Waals surface area contributed by atoms with Crippen LogP contribution < -0.4 is 4.74 Å². The second-order valence-corrected chi connectivity index (χ2v) is 6.28. The summed E-state index contributed by atoms with van der Waals surface area (Å²) in [7, 11) is 1.38. The Kier molecular flexibility index (Phi) is 5.21. The predicted octanol–water partition coefficient (Wildman–Crippen LogP) is 2.81. The van der Waals surface area contributed by atoms with Gasteiger partial charge in [-0.25, -0.2) is 9.18 Å². The number of hydrogen-bond donors (Lipinski definition) is 1. The molecule has 1 aliphatic rings. The number of methoxy groups -OCH3 is 1. The van der Waals surface area contributed by atoms with E-state index in [2.05, 4.69) is 0 Å². The number of carbonyl (C=O) groups excluding carboxylic acids is 1. The number of ether oxygens (including phenoxy) is 1. The van der Waals surface area contributed by atoms with Gasteiger partial charge in [0.1, 0.15) is 6.04 Å². The van der Waals surface area contributed by atoms with Gasteiger partial charge in [-0.15, -0.1) is 0 Å². The number of carbonyl (C=O) groups is 2. The SMILES string of the molecule is COc1cccc(CCC(=O)N2Cc3ccccc3CC2C(=O)O)c1F. The van der Waals surface area contributed by atoms with Gasteiger partial charge >= 0.3 is 5.97 Å². The number of benzene rings is 2. The van der Waals surface area contributed by atoms with E-state index in [1.54, 1.807) is 12.1 Å². The van der Waals surface area contributed by atoms with E-state index in [1.165, 1.54) is 18.1 Å². The third-order valence-corrected chi connectivity index (χ3v) is 4.73. The minimum Gasteiger partial charge on any atom is -0.494 e. The van der Waals surface area contributed by atoms with Crippen molar-refractivity contribution in [2.24, 2.45) is 0 Å². The highest BCUT2D eigenvalue weighted by molar-refractivity contribution is 5.84. The summed E-state index contributed by atoms with van der Waals surface area (Å²) in [6.45, 7) is 0.257. The van der Waals surface area contributed by atoms with Crippen molar-refractivity contribution in [3.05, 3.63) is 65.0 Å². The number of aliphatic carboxylic acids is 1. The molecule has 2 aromatic carbocycles. The highest BCUT2D eigenvalue weighted by Crippen LogP contribution is 2.25. The van der Waals surface area contributed by atoms with Crippen LogP contribution >= 0.6 is 0 Å². The van der Waals surface area contributed by atoms with E-state index in [-0.39, 0.29) is 37.5 Å². The van der Waals surface area contributed by atoms with Gasteiger partial charge in [0.05, 0.1) is 7.11 Å². The maximum atomic E-state index is 14.2. The van der Waals surface area contributed by atoms with Crippen LogP contribution in [0.4, 0.5) is 4.39 Å². The molecule has 1 unspecified atom stereocenters. The first-order valence-corrected chi connectivity index (χ1v) is 8.41. The summed E-state index contributed by atoms with van der Waals surface area (Å²) in [5, 5.41) is 9.51. The third kappa shape index (κ3) is 3.54. The van der Waals surface area contributed by atoms with Crippen LogP contribution in [0.2, 0.25) is 0 Å². The van der Waals surface area contributed by atoms with Crippen LogP contribution in [0.5, 0.6) is 5.75 Å². The molecule has 1 aliphatic heterocycles. The van der Waals surface area contributed by atoms with E-state index in [1.807, 2.05) is 24.3 Å². The maximum Gasteiger partial charge on any atom is 0.326 e. The molecule has 26 heavy (non-hydrogen) atoms. The number of carboxylic acids is 1. The highest BCUT2D eigenvalue weighted by atomic mass is 19.1. The Balaban J connectivity index is 1.75. The Morgan fingerprint density at radius 3 is 2.62 bits per heavy atom. The van der Waals surface area contributed by atoms with Crippen molar-refractivity contribution < 1.29 is 23.8 Å². The van der Waals surface area contributed by atoms with Crippen molar-refractivity contribution in [1.29, 1.82) is 0 Å². The van der Waals surface area contributed by atoms with Crippen LogP contribution in [-0.4, -0.2) is 35.0 Å². The summed E-state index contributed by atoms with van der Waals surface area (Å²) in [5.74, 6) is -1.68. The monoisotopic (exact) mass is 357 g/mol. The van der Waals surface area contributed by atoms with E-state index in [0.717, 1.165) is 11.1 Å². The van der Waals surface area contributed by atoms with Gasteiger partial charge in [0.2, 0.25) is 5.91 Å². The number of rotatable bonds is 5. The van der Waals surface area contributed by atoms with E-state index in [0.29, 0.717) is 5.56 Å². The first-order valence-electron chi connectivity index (χ1n) is 8.41. The van der Waals surface area contributed by atoms with E-state index in [4.69, 9.17) is 4.74 Å². The van der Waals surface area contributed by atoms with Gasteiger partial charge in [0.25, 0.3) is 0 Å². The van der Waals surface area contributed by atoms with Gasteiger partial charge in [-0.3, -0.25) is 4.79 Å². The molecular formula is C20H20FNO4. The lowest BCUT2D eigenvalue weighted by Crippen LogP contribution is -2.48. The fourth-order valence-corrected chi connectivity index (χ4v) is 3.30. The normalized spacial score (nSPS) is 16.1. The van der Waals surface area contributed by atoms with Crippen LogP contribution in [-0.2, 0) is 29.0 Å².